The number of ether oxygens (including phenoxy) is 4. The number of phosphoric acid groups is 1. The quantitative estimate of drug-likeness (QED) is 0.0477. The molecule has 0 radical (unpaired) electrons. The highest BCUT2D eigenvalue weighted by Gasteiger charge is 2.32. The first-order chi connectivity index (χ1) is 27.8. The third kappa shape index (κ3) is 17.8. The van der Waals surface area contributed by atoms with Crippen LogP contribution < -0.4 is 10.5 Å². The van der Waals surface area contributed by atoms with Gasteiger partial charge in [0.15, 0.2) is 5.82 Å². The SMILES string of the molecule is C#N.CCCCCCCCCCCCCCCCCCOCC(COP(=O)(O)OCC1CCC(c2ccc3c(N)ncnn23)O1)OCc1ccc(C#N)c(OC)c1. The lowest BCUT2D eigenvalue weighted by molar-refractivity contribution is -0.0529. The van der Waals surface area contributed by atoms with Gasteiger partial charge in [-0.2, -0.15) is 10.4 Å². The number of nitriles is 2. The van der Waals surface area contributed by atoms with Crippen molar-refractivity contribution in [2.24, 2.45) is 0 Å². The number of unbranched alkanes of at least 4 members (excludes halogenated alkanes) is 15. The summed E-state index contributed by atoms with van der Waals surface area (Å²) < 4.78 is 48.9. The maximum Gasteiger partial charge on any atom is 0.472 e. The molecular formula is C42H65N6O8P. The first-order valence-corrected chi connectivity index (χ1v) is 22.2. The number of benzene rings is 1. The van der Waals surface area contributed by atoms with Gasteiger partial charge in [-0.3, -0.25) is 9.05 Å². The van der Waals surface area contributed by atoms with Gasteiger partial charge in [-0.05, 0) is 49.1 Å². The lowest BCUT2D eigenvalue weighted by atomic mass is 10.0. The van der Waals surface area contributed by atoms with Gasteiger partial charge in [0.05, 0.1) is 50.9 Å². The van der Waals surface area contributed by atoms with Gasteiger partial charge in [0, 0.05) is 13.2 Å². The topological polar surface area (TPSA) is 196 Å². The molecule has 4 rings (SSSR count). The van der Waals surface area contributed by atoms with E-state index in [1.54, 1.807) is 22.7 Å². The molecule has 15 heteroatoms. The van der Waals surface area contributed by atoms with Gasteiger partial charge in [0.2, 0.25) is 0 Å². The van der Waals surface area contributed by atoms with Crippen LogP contribution in [-0.4, -0.2) is 65.2 Å². The highest BCUT2D eigenvalue weighted by atomic mass is 31.2. The average Bonchev–Trinajstić information content (AvgIpc) is 3.89. The summed E-state index contributed by atoms with van der Waals surface area (Å²) in [6.07, 6.45) is 22.2. The van der Waals surface area contributed by atoms with Gasteiger partial charge in [0.1, 0.15) is 35.9 Å². The van der Waals surface area contributed by atoms with Crippen LogP contribution in [0.3, 0.4) is 0 Å². The molecule has 3 heterocycles. The Morgan fingerprint density at radius 3 is 2.23 bits per heavy atom. The van der Waals surface area contributed by atoms with E-state index in [1.165, 1.54) is 103 Å². The van der Waals surface area contributed by atoms with Crippen LogP contribution in [0.1, 0.15) is 145 Å². The predicted octanol–water partition coefficient (Wildman–Crippen LogP) is 9.55. The second kappa shape index (κ2) is 27.9. The number of hydrogen-bond donors (Lipinski definition) is 2. The van der Waals surface area contributed by atoms with Crippen LogP contribution in [0.15, 0.2) is 36.7 Å². The molecule has 14 nitrogen and oxygen atoms in total. The number of phosphoric ester groups is 1. The smallest absolute Gasteiger partial charge is 0.472 e. The summed E-state index contributed by atoms with van der Waals surface area (Å²) in [4.78, 5) is 14.6. The summed E-state index contributed by atoms with van der Waals surface area (Å²) in [6.45, 7) is 6.34. The second-order valence-electron chi connectivity index (χ2n) is 14.5. The molecule has 1 saturated heterocycles. The Balaban J connectivity index is 0.00000428. The van der Waals surface area contributed by atoms with E-state index in [0.717, 1.165) is 24.1 Å². The molecule has 1 aliphatic rings. The van der Waals surface area contributed by atoms with Crippen LogP contribution in [0.2, 0.25) is 0 Å². The number of nitrogens with two attached hydrogens (primary N) is 1. The number of nitrogens with zero attached hydrogens (tertiary/aromatic N) is 5. The summed E-state index contributed by atoms with van der Waals surface area (Å²) in [5.41, 5.74) is 8.68. The average molecular weight is 813 g/mol. The molecule has 3 N–H and O–H groups in total. The highest BCUT2D eigenvalue weighted by Crippen LogP contribution is 2.45. The molecule has 1 aliphatic heterocycles. The number of anilines is 1. The largest absolute Gasteiger partial charge is 0.495 e. The van der Waals surface area contributed by atoms with Crippen molar-refractivity contribution in [3.05, 3.63) is 53.5 Å². The molecule has 0 aliphatic carbocycles. The molecule has 0 saturated carbocycles. The number of fused-ring (bicyclic) bond motifs is 1. The Kier molecular flexibility index (Phi) is 23.4. The Morgan fingerprint density at radius 1 is 0.947 bits per heavy atom. The van der Waals surface area contributed by atoms with E-state index >= 15 is 0 Å². The first-order valence-electron chi connectivity index (χ1n) is 20.7. The van der Waals surface area contributed by atoms with Gasteiger partial charge < -0.3 is 29.6 Å². The van der Waals surface area contributed by atoms with Crippen LogP contribution in [0.4, 0.5) is 5.82 Å². The fourth-order valence-corrected chi connectivity index (χ4v) is 7.68. The highest BCUT2D eigenvalue weighted by molar-refractivity contribution is 7.47. The Morgan fingerprint density at radius 2 is 1.60 bits per heavy atom. The molecule has 57 heavy (non-hydrogen) atoms. The number of hydrogen-bond acceptors (Lipinski definition) is 12. The van der Waals surface area contributed by atoms with E-state index in [2.05, 4.69) is 29.6 Å². The van der Waals surface area contributed by atoms with E-state index in [4.69, 9.17) is 39.0 Å². The molecule has 3 aromatic rings. The molecule has 4 atom stereocenters. The molecule has 0 bridgehead atoms. The van der Waals surface area contributed by atoms with Crippen molar-refractivity contribution in [1.82, 2.24) is 14.6 Å². The van der Waals surface area contributed by atoms with Gasteiger partial charge in [-0.25, -0.2) is 19.3 Å². The van der Waals surface area contributed by atoms with Crippen molar-refractivity contribution < 1.29 is 37.5 Å². The van der Waals surface area contributed by atoms with E-state index in [0.29, 0.717) is 42.1 Å². The normalized spacial score (nSPS) is 16.8. The van der Waals surface area contributed by atoms with Crippen LogP contribution >= 0.6 is 7.82 Å². The minimum absolute atomic E-state index is 0.114. The Hall–Kier alpha value is -3.59. The van der Waals surface area contributed by atoms with Crippen molar-refractivity contribution in [3.8, 4) is 18.4 Å². The summed E-state index contributed by atoms with van der Waals surface area (Å²) in [7, 11) is -2.93. The zero-order chi connectivity index (χ0) is 41.1. The lowest BCUT2D eigenvalue weighted by Crippen LogP contribution is -2.26. The number of nitrogen functional groups attached to an aromatic ring is 1. The molecule has 0 amide bonds. The predicted molar refractivity (Wildman–Crippen MR) is 219 cm³/mol. The second-order valence-corrected chi connectivity index (χ2v) is 16.0. The van der Waals surface area contributed by atoms with Gasteiger partial charge >= 0.3 is 7.82 Å². The van der Waals surface area contributed by atoms with Gasteiger partial charge in [0.25, 0.3) is 0 Å². The van der Waals surface area contributed by atoms with E-state index in [-0.39, 0.29) is 32.5 Å². The zero-order valence-electron chi connectivity index (χ0n) is 34.1. The standard InChI is InChI=1S/C41H64N5O8P.CHN/c1-3-4-5-6-7-8-9-10-11-12-13-14-15-16-17-18-25-50-29-36(51-28-33-19-20-34(27-42)40(26-33)49-2)31-53-55(47,48)52-30-35-21-24-39(54-35)37-22-23-38-41(43)44-32-45-46(37)38;1-2/h19-20,22-23,26,32,35-36,39H,3-18,21,24-25,28-31H2,1-2H3,(H,47,48)(H2,43,44,45);1H. The summed E-state index contributed by atoms with van der Waals surface area (Å²) in [5.74, 6) is 0.824. The van der Waals surface area contributed by atoms with Crippen LogP contribution in [0, 0.1) is 23.2 Å². The molecular weight excluding hydrogens is 747 g/mol. The monoisotopic (exact) mass is 812 g/mol. The first kappa shape index (κ1) is 47.8. The Labute approximate surface area is 339 Å². The number of rotatable bonds is 30. The molecule has 2 aromatic heterocycles. The number of aromatic nitrogens is 3. The van der Waals surface area contributed by atoms with Crippen LogP contribution in [-0.2, 0) is 34.4 Å². The fraction of sp³-hybridized carbons (Fsp3) is 0.667. The Bertz CT molecular complexity index is 1670. The van der Waals surface area contributed by atoms with E-state index in [9.17, 15) is 14.7 Å². The molecule has 1 fully saturated rings. The van der Waals surface area contributed by atoms with Gasteiger partial charge in [-0.1, -0.05) is 109 Å². The number of methoxy groups -OCH3 is 1. The third-order valence-corrected chi connectivity index (χ3v) is 11.1. The fourth-order valence-electron chi connectivity index (χ4n) is 6.90. The van der Waals surface area contributed by atoms with Crippen molar-refractivity contribution in [1.29, 1.82) is 10.5 Å². The van der Waals surface area contributed by atoms with Crippen molar-refractivity contribution in [3.63, 3.8) is 0 Å². The maximum absolute atomic E-state index is 12.9. The van der Waals surface area contributed by atoms with Crippen molar-refractivity contribution in [2.45, 2.75) is 147 Å². The lowest BCUT2D eigenvalue weighted by Gasteiger charge is -2.21. The van der Waals surface area contributed by atoms with E-state index < -0.39 is 20.0 Å². The van der Waals surface area contributed by atoms with Gasteiger partial charge in [-0.15, -0.1) is 0 Å². The van der Waals surface area contributed by atoms with Crippen molar-refractivity contribution >= 4 is 19.2 Å². The molecule has 316 valence electrons. The van der Waals surface area contributed by atoms with Crippen LogP contribution in [0.25, 0.3) is 5.52 Å². The van der Waals surface area contributed by atoms with Crippen molar-refractivity contribution in [2.75, 3.05) is 39.3 Å². The maximum atomic E-state index is 12.9. The summed E-state index contributed by atoms with van der Waals surface area (Å²) >= 11 is 0. The third-order valence-electron chi connectivity index (χ3n) is 10.1. The zero-order valence-corrected chi connectivity index (χ0v) is 35.0. The van der Waals surface area contributed by atoms with Crippen LogP contribution in [0.5, 0.6) is 5.75 Å². The van der Waals surface area contributed by atoms with E-state index in [1.807, 2.05) is 12.1 Å². The molecule has 0 spiro atoms. The summed E-state index contributed by atoms with van der Waals surface area (Å²) in [6, 6.07) is 11.0. The molecule has 1 aromatic carbocycles. The minimum atomic E-state index is -4.44. The molecule has 4 unspecified atom stereocenters. The summed E-state index contributed by atoms with van der Waals surface area (Å²) in [5, 5.41) is 20.1. The minimum Gasteiger partial charge on any atom is -0.495 e.